The van der Waals surface area contributed by atoms with Crippen molar-refractivity contribution in [1.82, 2.24) is 19.7 Å². The number of rotatable bonds is 6. The summed E-state index contributed by atoms with van der Waals surface area (Å²) in [6.45, 7) is 3.99. The van der Waals surface area contributed by atoms with Gasteiger partial charge < -0.3 is 4.90 Å². The Morgan fingerprint density at radius 2 is 2.00 bits per heavy atom. The van der Waals surface area contributed by atoms with Gasteiger partial charge in [0.15, 0.2) is 5.13 Å². The highest BCUT2D eigenvalue weighted by Gasteiger charge is 2.23. The first-order valence-corrected chi connectivity index (χ1v) is 8.75. The zero-order valence-corrected chi connectivity index (χ0v) is 15.0. The maximum atomic E-state index is 13.1. The Bertz CT molecular complexity index is 805. The summed E-state index contributed by atoms with van der Waals surface area (Å²) < 4.78 is 2.80. The average Bonchev–Trinajstić information content (AvgIpc) is 3.20. The van der Waals surface area contributed by atoms with E-state index in [1.165, 1.54) is 0 Å². The van der Waals surface area contributed by atoms with Crippen LogP contribution in [-0.4, -0.2) is 52.8 Å². The summed E-state index contributed by atoms with van der Waals surface area (Å²) in [4.78, 5) is 21.6. The Kier molecular flexibility index (Phi) is 4.92. The van der Waals surface area contributed by atoms with Gasteiger partial charge in [-0.1, -0.05) is 23.5 Å². The first-order chi connectivity index (χ1) is 11.6. The largest absolute Gasteiger partial charge is 0.308 e. The minimum Gasteiger partial charge on any atom is -0.308 e. The number of aromatic nitrogens is 3. The first kappa shape index (κ1) is 16.6. The summed E-state index contributed by atoms with van der Waals surface area (Å²) in [6, 6.07) is 9.72. The number of fused-ring (bicyclic) bond motifs is 1. The van der Waals surface area contributed by atoms with Crippen LogP contribution in [0.1, 0.15) is 17.4 Å². The van der Waals surface area contributed by atoms with Crippen molar-refractivity contribution in [2.24, 2.45) is 0 Å². The molecular formula is C17H21N5OS. The second kappa shape index (κ2) is 7.11. The van der Waals surface area contributed by atoms with E-state index in [4.69, 9.17) is 0 Å². The first-order valence-electron chi connectivity index (χ1n) is 7.94. The predicted octanol–water partition coefficient (Wildman–Crippen LogP) is 2.72. The summed E-state index contributed by atoms with van der Waals surface area (Å²) in [5, 5.41) is 4.94. The fraction of sp³-hybridized carbons (Fsp3) is 0.353. The molecule has 1 amide bonds. The molecule has 0 fully saturated rings. The Balaban J connectivity index is 1.97. The van der Waals surface area contributed by atoms with Crippen LogP contribution in [0.3, 0.4) is 0 Å². The molecule has 7 heteroatoms. The molecule has 0 spiro atoms. The van der Waals surface area contributed by atoms with E-state index in [0.717, 1.165) is 21.9 Å². The fourth-order valence-corrected chi connectivity index (χ4v) is 3.45. The van der Waals surface area contributed by atoms with Gasteiger partial charge in [0.25, 0.3) is 5.91 Å². The highest BCUT2D eigenvalue weighted by Crippen LogP contribution is 2.29. The molecule has 0 atom stereocenters. The van der Waals surface area contributed by atoms with Gasteiger partial charge in [0, 0.05) is 25.8 Å². The molecule has 2 heterocycles. The van der Waals surface area contributed by atoms with Gasteiger partial charge in [-0.05, 0) is 39.2 Å². The Hall–Kier alpha value is -2.25. The lowest BCUT2D eigenvalue weighted by Gasteiger charge is -2.22. The number of carbonyl (C=O) groups is 1. The van der Waals surface area contributed by atoms with Crippen molar-refractivity contribution in [3.8, 4) is 0 Å². The molecule has 0 aliphatic rings. The van der Waals surface area contributed by atoms with E-state index in [-0.39, 0.29) is 5.91 Å². The number of thiazole rings is 1. The van der Waals surface area contributed by atoms with Crippen LogP contribution in [0.25, 0.3) is 10.2 Å². The van der Waals surface area contributed by atoms with Crippen LogP contribution in [0.2, 0.25) is 0 Å². The fourth-order valence-electron chi connectivity index (χ4n) is 2.46. The van der Waals surface area contributed by atoms with E-state index in [9.17, 15) is 4.79 Å². The zero-order valence-electron chi connectivity index (χ0n) is 14.1. The minimum atomic E-state index is -0.0599. The van der Waals surface area contributed by atoms with E-state index in [1.807, 2.05) is 45.3 Å². The Morgan fingerprint density at radius 3 is 2.71 bits per heavy atom. The monoisotopic (exact) mass is 343 g/mol. The average molecular weight is 343 g/mol. The number of likely N-dealkylation sites (N-methyl/N-ethyl adjacent to an activating group) is 1. The van der Waals surface area contributed by atoms with Crippen LogP contribution < -0.4 is 4.90 Å². The van der Waals surface area contributed by atoms with Crippen molar-refractivity contribution < 1.29 is 4.79 Å². The second-order valence-corrected chi connectivity index (χ2v) is 6.77. The van der Waals surface area contributed by atoms with E-state index < -0.39 is 0 Å². The Labute approximate surface area is 145 Å². The molecule has 2 aromatic heterocycles. The van der Waals surface area contributed by atoms with Crippen molar-refractivity contribution in [3.63, 3.8) is 0 Å². The quantitative estimate of drug-likeness (QED) is 0.690. The van der Waals surface area contributed by atoms with Crippen molar-refractivity contribution in [2.75, 3.05) is 32.1 Å². The van der Waals surface area contributed by atoms with Crippen molar-refractivity contribution in [1.29, 1.82) is 0 Å². The molecule has 0 radical (unpaired) electrons. The van der Waals surface area contributed by atoms with Crippen LogP contribution >= 0.6 is 11.3 Å². The number of hydrogen-bond acceptors (Lipinski definition) is 5. The molecule has 0 aliphatic carbocycles. The standard InChI is InChI=1S/C17H21N5OS/c1-4-22-14(9-10-18-22)16(23)21(12-11-20(2)3)17-19-13-7-5-6-8-15(13)24-17/h5-10H,4,11-12H2,1-3H3. The van der Waals surface area contributed by atoms with Gasteiger partial charge in [-0.2, -0.15) is 5.10 Å². The van der Waals surface area contributed by atoms with Crippen LogP contribution in [0.4, 0.5) is 5.13 Å². The zero-order chi connectivity index (χ0) is 17.1. The topological polar surface area (TPSA) is 54.3 Å². The lowest BCUT2D eigenvalue weighted by molar-refractivity contribution is 0.0975. The van der Waals surface area contributed by atoms with Crippen LogP contribution in [0, 0.1) is 0 Å². The SMILES string of the molecule is CCn1nccc1C(=O)N(CCN(C)C)c1nc2ccccc2s1. The van der Waals surface area contributed by atoms with Crippen LogP contribution in [0.15, 0.2) is 36.5 Å². The molecule has 0 bridgehead atoms. The summed E-state index contributed by atoms with van der Waals surface area (Å²) >= 11 is 1.54. The number of hydrogen-bond donors (Lipinski definition) is 0. The Morgan fingerprint density at radius 1 is 1.21 bits per heavy atom. The molecule has 1 aromatic carbocycles. The normalized spacial score (nSPS) is 11.3. The summed E-state index contributed by atoms with van der Waals surface area (Å²) in [5.41, 5.74) is 1.51. The van der Waals surface area contributed by atoms with E-state index >= 15 is 0 Å². The highest BCUT2D eigenvalue weighted by atomic mass is 32.1. The minimum absolute atomic E-state index is 0.0599. The maximum Gasteiger partial charge on any atom is 0.278 e. The molecule has 24 heavy (non-hydrogen) atoms. The van der Waals surface area contributed by atoms with Crippen LogP contribution in [0.5, 0.6) is 0 Å². The molecule has 0 saturated heterocycles. The molecule has 0 aliphatic heterocycles. The van der Waals surface area contributed by atoms with Gasteiger partial charge in [0.05, 0.1) is 10.2 Å². The molecule has 3 rings (SSSR count). The van der Waals surface area contributed by atoms with Gasteiger partial charge in [-0.15, -0.1) is 0 Å². The smallest absolute Gasteiger partial charge is 0.278 e. The van der Waals surface area contributed by atoms with E-state index in [1.54, 1.807) is 33.2 Å². The third-order valence-electron chi connectivity index (χ3n) is 3.76. The number of aryl methyl sites for hydroxylation is 1. The lowest BCUT2D eigenvalue weighted by Crippen LogP contribution is -2.37. The second-order valence-electron chi connectivity index (χ2n) is 5.76. The van der Waals surface area contributed by atoms with Gasteiger partial charge in [-0.3, -0.25) is 14.4 Å². The summed E-state index contributed by atoms with van der Waals surface area (Å²) in [6.07, 6.45) is 1.67. The van der Waals surface area contributed by atoms with Crippen molar-refractivity contribution in [2.45, 2.75) is 13.5 Å². The molecule has 0 unspecified atom stereocenters. The summed E-state index contributed by atoms with van der Waals surface area (Å²) in [5.74, 6) is -0.0599. The predicted molar refractivity (Wildman–Crippen MR) is 97.8 cm³/mol. The van der Waals surface area contributed by atoms with Gasteiger partial charge in [0.2, 0.25) is 0 Å². The number of para-hydroxylation sites is 1. The maximum absolute atomic E-state index is 13.1. The van der Waals surface area contributed by atoms with E-state index in [2.05, 4.69) is 15.0 Å². The third-order valence-corrected chi connectivity index (χ3v) is 4.82. The molecule has 3 aromatic rings. The van der Waals surface area contributed by atoms with Gasteiger partial charge in [-0.25, -0.2) is 4.98 Å². The third kappa shape index (κ3) is 3.32. The number of benzene rings is 1. The van der Waals surface area contributed by atoms with Gasteiger partial charge in [0.1, 0.15) is 5.69 Å². The van der Waals surface area contributed by atoms with Crippen LogP contribution in [-0.2, 0) is 6.54 Å². The van der Waals surface area contributed by atoms with Crippen molar-refractivity contribution in [3.05, 3.63) is 42.2 Å². The lowest BCUT2D eigenvalue weighted by atomic mass is 10.3. The highest BCUT2D eigenvalue weighted by molar-refractivity contribution is 7.22. The van der Waals surface area contributed by atoms with Gasteiger partial charge >= 0.3 is 0 Å². The molecule has 126 valence electrons. The summed E-state index contributed by atoms with van der Waals surface area (Å²) in [7, 11) is 3.99. The molecule has 0 N–H and O–H groups in total. The molecule has 6 nitrogen and oxygen atoms in total. The number of amides is 1. The number of nitrogens with zero attached hydrogens (tertiary/aromatic N) is 5. The van der Waals surface area contributed by atoms with E-state index in [0.29, 0.717) is 18.8 Å². The molecular weight excluding hydrogens is 322 g/mol. The number of anilines is 1. The van der Waals surface area contributed by atoms with Crippen molar-refractivity contribution >= 4 is 32.6 Å². The number of carbonyl (C=O) groups excluding carboxylic acids is 1. The molecule has 0 saturated carbocycles.